The van der Waals surface area contributed by atoms with E-state index < -0.39 is 6.23 Å². The van der Waals surface area contributed by atoms with Gasteiger partial charge in [0, 0.05) is 0 Å². The first-order valence-corrected chi connectivity index (χ1v) is 10.3. The molecule has 1 heterocycles. The van der Waals surface area contributed by atoms with Gasteiger partial charge in [0.1, 0.15) is 12.4 Å². The topological polar surface area (TPSA) is 74.0 Å². The molecule has 0 bridgehead atoms. The van der Waals surface area contributed by atoms with E-state index >= 15 is 0 Å². The molecular formula is C24H30N2O4. The number of unbranched alkanes of at least 4 members (excludes halogenated alkanes) is 2. The van der Waals surface area contributed by atoms with Crippen molar-refractivity contribution in [2.24, 2.45) is 5.73 Å². The lowest BCUT2D eigenvalue weighted by molar-refractivity contribution is 0.0904. The van der Waals surface area contributed by atoms with Crippen LogP contribution in [0.4, 0.5) is 0 Å². The van der Waals surface area contributed by atoms with Gasteiger partial charge in [-0.2, -0.15) is 0 Å². The standard InChI is InChI=1S/C24H30N2O4/c1-26(2)15-4-3-5-16-28-19-12-9-18(10-13-19)11-14-21(27)20-7-6-8-22-24(20)30-23(25)17-29-22/h6-14,23H,3-5,15-17,25H2,1-2H3. The lowest BCUT2D eigenvalue weighted by Crippen LogP contribution is -2.37. The number of benzene rings is 2. The molecule has 1 atom stereocenters. The number of allylic oxidation sites excluding steroid dienone is 1. The summed E-state index contributed by atoms with van der Waals surface area (Å²) in [6.07, 6.45) is 6.11. The number of hydrogen-bond donors (Lipinski definition) is 1. The van der Waals surface area contributed by atoms with E-state index in [2.05, 4.69) is 19.0 Å². The third kappa shape index (κ3) is 6.34. The van der Waals surface area contributed by atoms with Crippen LogP contribution in [0.3, 0.4) is 0 Å². The number of nitrogens with zero attached hydrogens (tertiary/aromatic N) is 1. The van der Waals surface area contributed by atoms with E-state index in [-0.39, 0.29) is 12.4 Å². The zero-order valence-electron chi connectivity index (χ0n) is 17.7. The summed E-state index contributed by atoms with van der Waals surface area (Å²) >= 11 is 0. The van der Waals surface area contributed by atoms with E-state index in [1.165, 1.54) is 12.5 Å². The molecule has 2 aromatic rings. The van der Waals surface area contributed by atoms with Crippen LogP contribution in [0.25, 0.3) is 6.08 Å². The van der Waals surface area contributed by atoms with Crippen LogP contribution in [0.2, 0.25) is 0 Å². The van der Waals surface area contributed by atoms with Gasteiger partial charge in [-0.1, -0.05) is 24.3 Å². The highest BCUT2D eigenvalue weighted by Gasteiger charge is 2.22. The molecule has 0 saturated heterocycles. The quantitative estimate of drug-likeness (QED) is 0.365. The first-order valence-electron chi connectivity index (χ1n) is 10.3. The van der Waals surface area contributed by atoms with Crippen molar-refractivity contribution in [1.82, 2.24) is 4.90 Å². The molecule has 1 aliphatic rings. The molecule has 0 spiro atoms. The van der Waals surface area contributed by atoms with Crippen LogP contribution < -0.4 is 19.9 Å². The van der Waals surface area contributed by atoms with Gasteiger partial charge >= 0.3 is 0 Å². The predicted octanol–water partition coefficient (Wildman–Crippen LogP) is 3.75. The van der Waals surface area contributed by atoms with Crippen LogP contribution in [0.1, 0.15) is 35.2 Å². The molecular weight excluding hydrogens is 380 g/mol. The van der Waals surface area contributed by atoms with Gasteiger partial charge in [0.15, 0.2) is 23.5 Å². The van der Waals surface area contributed by atoms with E-state index in [9.17, 15) is 4.79 Å². The summed E-state index contributed by atoms with van der Waals surface area (Å²) in [5.41, 5.74) is 7.13. The smallest absolute Gasteiger partial charge is 0.189 e. The zero-order valence-corrected chi connectivity index (χ0v) is 17.7. The van der Waals surface area contributed by atoms with Crippen molar-refractivity contribution in [2.45, 2.75) is 25.5 Å². The summed E-state index contributed by atoms with van der Waals surface area (Å²) in [6, 6.07) is 13.0. The van der Waals surface area contributed by atoms with E-state index in [0.29, 0.717) is 23.7 Å². The highest BCUT2D eigenvalue weighted by atomic mass is 16.6. The molecule has 0 amide bonds. The van der Waals surface area contributed by atoms with Gasteiger partial charge in [0.25, 0.3) is 0 Å². The monoisotopic (exact) mass is 410 g/mol. The molecule has 2 aromatic carbocycles. The molecule has 6 heteroatoms. The second-order valence-corrected chi connectivity index (χ2v) is 7.58. The fourth-order valence-electron chi connectivity index (χ4n) is 3.14. The number of ether oxygens (including phenoxy) is 3. The Kier molecular flexibility index (Phi) is 7.88. The van der Waals surface area contributed by atoms with Crippen molar-refractivity contribution in [2.75, 3.05) is 33.9 Å². The van der Waals surface area contributed by atoms with Gasteiger partial charge < -0.3 is 19.1 Å². The first-order chi connectivity index (χ1) is 14.5. The molecule has 1 unspecified atom stereocenters. The van der Waals surface area contributed by atoms with Crippen molar-refractivity contribution in [3.63, 3.8) is 0 Å². The first kappa shape index (κ1) is 21.9. The van der Waals surface area contributed by atoms with Crippen molar-refractivity contribution in [3.8, 4) is 17.2 Å². The lowest BCUT2D eigenvalue weighted by atomic mass is 10.1. The largest absolute Gasteiger partial charge is 0.494 e. The van der Waals surface area contributed by atoms with Gasteiger partial charge in [0.05, 0.1) is 12.2 Å². The maximum Gasteiger partial charge on any atom is 0.189 e. The second kappa shape index (κ2) is 10.8. The van der Waals surface area contributed by atoms with Gasteiger partial charge in [-0.05, 0) is 75.8 Å². The number of carbonyl (C=O) groups excluding carboxylic acids is 1. The van der Waals surface area contributed by atoms with Crippen molar-refractivity contribution < 1.29 is 19.0 Å². The summed E-state index contributed by atoms with van der Waals surface area (Å²) in [5, 5.41) is 0. The van der Waals surface area contributed by atoms with Crippen LogP contribution in [-0.4, -0.2) is 50.8 Å². The molecule has 30 heavy (non-hydrogen) atoms. The number of nitrogens with two attached hydrogens (primary N) is 1. The SMILES string of the molecule is CN(C)CCCCCOc1ccc(C=CC(=O)c2cccc3c2OC(N)CO3)cc1. The Morgan fingerprint density at radius 1 is 1.17 bits per heavy atom. The Labute approximate surface area is 178 Å². The Morgan fingerprint density at radius 3 is 2.73 bits per heavy atom. The van der Waals surface area contributed by atoms with Gasteiger partial charge in [0.2, 0.25) is 0 Å². The highest BCUT2D eigenvalue weighted by molar-refractivity contribution is 6.09. The van der Waals surface area contributed by atoms with Gasteiger partial charge in [-0.25, -0.2) is 0 Å². The van der Waals surface area contributed by atoms with Crippen molar-refractivity contribution in [1.29, 1.82) is 0 Å². The van der Waals surface area contributed by atoms with E-state index in [4.69, 9.17) is 19.9 Å². The van der Waals surface area contributed by atoms with Crippen LogP contribution in [0.15, 0.2) is 48.5 Å². The predicted molar refractivity (Wildman–Crippen MR) is 118 cm³/mol. The minimum absolute atomic E-state index is 0.164. The second-order valence-electron chi connectivity index (χ2n) is 7.58. The number of fused-ring (bicyclic) bond motifs is 1. The average Bonchev–Trinajstić information content (AvgIpc) is 2.74. The maximum atomic E-state index is 12.6. The minimum Gasteiger partial charge on any atom is -0.494 e. The number of para-hydroxylation sites is 1. The summed E-state index contributed by atoms with van der Waals surface area (Å²) in [7, 11) is 4.18. The fourth-order valence-corrected chi connectivity index (χ4v) is 3.14. The summed E-state index contributed by atoms with van der Waals surface area (Å²) in [4.78, 5) is 14.8. The molecule has 0 saturated carbocycles. The van der Waals surface area contributed by atoms with Crippen LogP contribution in [0, 0.1) is 0 Å². The number of carbonyl (C=O) groups is 1. The van der Waals surface area contributed by atoms with Gasteiger partial charge in [-0.3, -0.25) is 10.5 Å². The van der Waals surface area contributed by atoms with Crippen LogP contribution in [0.5, 0.6) is 17.2 Å². The summed E-state index contributed by atoms with van der Waals surface area (Å²) in [5.74, 6) is 1.62. The molecule has 160 valence electrons. The number of ketones is 1. The summed E-state index contributed by atoms with van der Waals surface area (Å²) in [6.45, 7) is 2.09. The van der Waals surface area contributed by atoms with Gasteiger partial charge in [-0.15, -0.1) is 0 Å². The lowest BCUT2D eigenvalue weighted by Gasteiger charge is -2.24. The van der Waals surface area contributed by atoms with E-state index in [1.807, 2.05) is 24.3 Å². The maximum absolute atomic E-state index is 12.6. The van der Waals surface area contributed by atoms with Crippen LogP contribution in [-0.2, 0) is 0 Å². The third-order valence-corrected chi connectivity index (χ3v) is 4.74. The average molecular weight is 411 g/mol. The molecule has 6 nitrogen and oxygen atoms in total. The molecule has 3 rings (SSSR count). The Bertz CT molecular complexity index is 862. The Balaban J connectivity index is 1.51. The number of rotatable bonds is 10. The highest BCUT2D eigenvalue weighted by Crippen LogP contribution is 2.35. The minimum atomic E-state index is -0.573. The van der Waals surface area contributed by atoms with Crippen molar-refractivity contribution in [3.05, 3.63) is 59.7 Å². The molecule has 1 aliphatic heterocycles. The molecule has 0 fully saturated rings. The Morgan fingerprint density at radius 2 is 1.97 bits per heavy atom. The zero-order chi connectivity index (χ0) is 21.3. The van der Waals surface area contributed by atoms with Crippen molar-refractivity contribution >= 4 is 11.9 Å². The molecule has 0 aromatic heterocycles. The number of hydrogen-bond acceptors (Lipinski definition) is 6. The van der Waals surface area contributed by atoms with E-state index in [0.717, 1.165) is 30.7 Å². The Hall–Kier alpha value is -2.83. The molecule has 2 N–H and O–H groups in total. The van der Waals surface area contributed by atoms with Crippen LogP contribution >= 0.6 is 0 Å². The van der Waals surface area contributed by atoms with E-state index in [1.54, 1.807) is 24.3 Å². The molecule has 0 aliphatic carbocycles. The molecule has 0 radical (unpaired) electrons. The normalized spacial score (nSPS) is 15.5. The fraction of sp³-hybridized carbons (Fsp3) is 0.375. The third-order valence-electron chi connectivity index (χ3n) is 4.74. The summed E-state index contributed by atoms with van der Waals surface area (Å²) < 4.78 is 16.9.